The maximum atomic E-state index is 12.3. The van der Waals surface area contributed by atoms with Gasteiger partial charge in [-0.15, -0.1) is 6.58 Å². The van der Waals surface area contributed by atoms with Gasteiger partial charge in [-0.2, -0.15) is 9.40 Å². The minimum absolute atomic E-state index is 0.229. The molecule has 0 spiro atoms. The number of nitrogens with zero attached hydrogens (tertiary/aromatic N) is 3. The van der Waals surface area contributed by atoms with Gasteiger partial charge in [-0.3, -0.25) is 4.68 Å². The van der Waals surface area contributed by atoms with Crippen LogP contribution >= 0.6 is 0 Å². The fourth-order valence-electron chi connectivity index (χ4n) is 1.66. The van der Waals surface area contributed by atoms with Gasteiger partial charge in [0.2, 0.25) is 10.0 Å². The zero-order valence-electron chi connectivity index (χ0n) is 11.5. The van der Waals surface area contributed by atoms with Crippen molar-refractivity contribution in [1.29, 1.82) is 0 Å². The molecule has 19 heavy (non-hydrogen) atoms. The number of likely N-dealkylation sites (N-methyl/N-ethyl adjacent to an activating group) is 2. The molecule has 1 N–H and O–H groups in total. The molecule has 1 aromatic heterocycles. The number of aromatic nitrogens is 2. The zero-order chi connectivity index (χ0) is 14.3. The molecule has 1 heterocycles. The predicted octanol–water partition coefficient (Wildman–Crippen LogP) is 0.689. The van der Waals surface area contributed by atoms with Crippen LogP contribution in [0.3, 0.4) is 0 Å². The Hall–Kier alpha value is -1.18. The lowest BCUT2D eigenvalue weighted by Crippen LogP contribution is -2.30. The van der Waals surface area contributed by atoms with Crippen molar-refractivity contribution in [2.45, 2.75) is 25.3 Å². The molecule has 0 aromatic carbocycles. The van der Waals surface area contributed by atoms with Crippen LogP contribution in [0.4, 0.5) is 0 Å². The quantitative estimate of drug-likeness (QED) is 0.536. The number of rotatable bonds is 9. The van der Waals surface area contributed by atoms with E-state index in [1.165, 1.54) is 10.5 Å². The lowest BCUT2D eigenvalue weighted by Gasteiger charge is -2.17. The van der Waals surface area contributed by atoms with E-state index in [0.29, 0.717) is 19.6 Å². The first kappa shape index (κ1) is 15.9. The van der Waals surface area contributed by atoms with Gasteiger partial charge in [-0.25, -0.2) is 8.42 Å². The summed E-state index contributed by atoms with van der Waals surface area (Å²) in [5.74, 6) is 0. The second-order valence-corrected chi connectivity index (χ2v) is 5.97. The summed E-state index contributed by atoms with van der Waals surface area (Å²) in [6, 6.07) is 0. The van der Waals surface area contributed by atoms with Crippen molar-refractivity contribution < 1.29 is 8.42 Å². The topological polar surface area (TPSA) is 67.2 Å². The molecule has 108 valence electrons. The fraction of sp³-hybridized carbons (Fsp3) is 0.583. The summed E-state index contributed by atoms with van der Waals surface area (Å²) in [6.45, 7) is 10.4. The van der Waals surface area contributed by atoms with Crippen LogP contribution in [0.25, 0.3) is 0 Å². The average Bonchev–Trinajstić information content (AvgIpc) is 2.85. The van der Waals surface area contributed by atoms with E-state index in [0.717, 1.165) is 13.1 Å². The van der Waals surface area contributed by atoms with Gasteiger partial charge >= 0.3 is 0 Å². The molecular weight excluding hydrogens is 264 g/mol. The van der Waals surface area contributed by atoms with E-state index in [1.54, 1.807) is 23.9 Å². The lowest BCUT2D eigenvalue weighted by molar-refractivity contribution is 0.459. The third kappa shape index (κ3) is 4.15. The second kappa shape index (κ2) is 7.42. The van der Waals surface area contributed by atoms with Crippen LogP contribution in [-0.4, -0.2) is 48.7 Å². The molecule has 0 radical (unpaired) electrons. The normalized spacial score (nSPS) is 11.9. The Kier molecular flexibility index (Phi) is 6.20. The Bertz CT molecular complexity index is 496. The first-order valence-corrected chi connectivity index (χ1v) is 7.84. The highest BCUT2D eigenvalue weighted by atomic mass is 32.2. The van der Waals surface area contributed by atoms with E-state index in [2.05, 4.69) is 17.0 Å². The summed E-state index contributed by atoms with van der Waals surface area (Å²) >= 11 is 0. The summed E-state index contributed by atoms with van der Waals surface area (Å²) < 4.78 is 27.6. The summed E-state index contributed by atoms with van der Waals surface area (Å²) in [6.07, 6.45) is 4.54. The van der Waals surface area contributed by atoms with E-state index >= 15 is 0 Å². The van der Waals surface area contributed by atoms with Gasteiger partial charge in [0.1, 0.15) is 4.90 Å². The maximum absolute atomic E-state index is 12.3. The van der Waals surface area contributed by atoms with E-state index in [1.807, 2.05) is 6.92 Å². The van der Waals surface area contributed by atoms with Crippen LogP contribution in [-0.2, 0) is 16.6 Å². The van der Waals surface area contributed by atoms with Crippen molar-refractivity contribution in [1.82, 2.24) is 19.4 Å². The molecule has 0 atom stereocenters. The number of sulfonamides is 1. The van der Waals surface area contributed by atoms with E-state index in [9.17, 15) is 8.42 Å². The Balaban J connectivity index is 2.81. The van der Waals surface area contributed by atoms with Gasteiger partial charge < -0.3 is 5.32 Å². The molecule has 0 saturated heterocycles. The molecule has 0 fully saturated rings. The monoisotopic (exact) mass is 286 g/mol. The SMILES string of the molecule is C=CCN(CC)S(=O)(=O)c1cnn(CCNCC)c1. The first-order chi connectivity index (χ1) is 9.06. The predicted molar refractivity (Wildman–Crippen MR) is 75.4 cm³/mol. The largest absolute Gasteiger partial charge is 0.315 e. The van der Waals surface area contributed by atoms with Crippen LogP contribution in [0.5, 0.6) is 0 Å². The second-order valence-electron chi connectivity index (χ2n) is 4.04. The van der Waals surface area contributed by atoms with E-state index in [4.69, 9.17) is 0 Å². The van der Waals surface area contributed by atoms with Gasteiger partial charge in [0.15, 0.2) is 0 Å². The third-order valence-corrected chi connectivity index (χ3v) is 4.59. The van der Waals surface area contributed by atoms with E-state index < -0.39 is 10.0 Å². The zero-order valence-corrected chi connectivity index (χ0v) is 12.4. The number of hydrogen-bond acceptors (Lipinski definition) is 4. The van der Waals surface area contributed by atoms with Crippen molar-refractivity contribution >= 4 is 10.0 Å². The molecule has 0 aliphatic carbocycles. The highest BCUT2D eigenvalue weighted by Gasteiger charge is 2.23. The molecule has 0 unspecified atom stereocenters. The van der Waals surface area contributed by atoms with Gasteiger partial charge in [-0.05, 0) is 6.54 Å². The van der Waals surface area contributed by atoms with Gasteiger partial charge in [0.05, 0.1) is 12.7 Å². The van der Waals surface area contributed by atoms with Gasteiger partial charge in [0, 0.05) is 25.8 Å². The maximum Gasteiger partial charge on any atom is 0.246 e. The number of nitrogens with one attached hydrogen (secondary N) is 1. The molecule has 0 bridgehead atoms. The van der Waals surface area contributed by atoms with Gasteiger partial charge in [-0.1, -0.05) is 19.9 Å². The minimum atomic E-state index is -3.46. The van der Waals surface area contributed by atoms with E-state index in [-0.39, 0.29) is 4.90 Å². The summed E-state index contributed by atoms with van der Waals surface area (Å²) in [5, 5.41) is 7.24. The standard InChI is InChI=1S/C12H22N4O2S/c1-4-8-16(6-3)19(17,18)12-10-14-15(11-12)9-7-13-5-2/h4,10-11,13H,1,5-9H2,2-3H3. The molecule has 0 amide bonds. The Labute approximate surface area is 115 Å². The van der Waals surface area contributed by atoms with Crippen molar-refractivity contribution in [2.75, 3.05) is 26.2 Å². The highest BCUT2D eigenvalue weighted by molar-refractivity contribution is 7.89. The third-order valence-electron chi connectivity index (χ3n) is 2.70. The molecular formula is C12H22N4O2S. The molecule has 0 aliphatic rings. The number of hydrogen-bond donors (Lipinski definition) is 1. The van der Waals surface area contributed by atoms with Crippen molar-refractivity contribution in [3.05, 3.63) is 25.0 Å². The van der Waals surface area contributed by atoms with Crippen LogP contribution in [0.2, 0.25) is 0 Å². The van der Waals surface area contributed by atoms with Crippen LogP contribution in [0, 0.1) is 0 Å². The summed E-state index contributed by atoms with van der Waals surface area (Å²) in [7, 11) is -3.46. The van der Waals surface area contributed by atoms with Crippen LogP contribution < -0.4 is 5.32 Å². The summed E-state index contributed by atoms with van der Waals surface area (Å²) in [5.41, 5.74) is 0. The molecule has 1 aromatic rings. The fourth-order valence-corrected chi connectivity index (χ4v) is 3.04. The Morgan fingerprint density at radius 3 is 2.84 bits per heavy atom. The first-order valence-electron chi connectivity index (χ1n) is 6.40. The van der Waals surface area contributed by atoms with Crippen LogP contribution in [0.15, 0.2) is 29.9 Å². The Morgan fingerprint density at radius 2 is 2.26 bits per heavy atom. The Morgan fingerprint density at radius 1 is 1.53 bits per heavy atom. The van der Waals surface area contributed by atoms with Crippen molar-refractivity contribution in [2.24, 2.45) is 0 Å². The summed E-state index contributed by atoms with van der Waals surface area (Å²) in [4.78, 5) is 0.229. The minimum Gasteiger partial charge on any atom is -0.315 e. The molecule has 7 heteroatoms. The molecule has 0 saturated carbocycles. The van der Waals surface area contributed by atoms with Gasteiger partial charge in [0.25, 0.3) is 0 Å². The molecule has 6 nitrogen and oxygen atoms in total. The lowest BCUT2D eigenvalue weighted by atomic mass is 10.6. The van der Waals surface area contributed by atoms with Crippen LogP contribution in [0.1, 0.15) is 13.8 Å². The smallest absolute Gasteiger partial charge is 0.246 e. The van der Waals surface area contributed by atoms with Crippen molar-refractivity contribution in [3.8, 4) is 0 Å². The molecule has 0 aliphatic heterocycles. The molecule has 1 rings (SSSR count). The highest BCUT2D eigenvalue weighted by Crippen LogP contribution is 2.14. The van der Waals surface area contributed by atoms with Crippen molar-refractivity contribution in [3.63, 3.8) is 0 Å². The average molecular weight is 286 g/mol.